The second kappa shape index (κ2) is 5.96. The van der Waals surface area contributed by atoms with Crippen LogP contribution in [0.1, 0.15) is 29.7 Å². The van der Waals surface area contributed by atoms with Crippen LogP contribution in [0.15, 0.2) is 54.7 Å². The van der Waals surface area contributed by atoms with Gasteiger partial charge in [-0.1, -0.05) is 43.3 Å². The maximum Gasteiger partial charge on any atom is 0.244 e. The summed E-state index contributed by atoms with van der Waals surface area (Å²) in [7, 11) is 0. The third kappa shape index (κ3) is 2.71. The summed E-state index contributed by atoms with van der Waals surface area (Å²) in [6.45, 7) is 2.18. The molecule has 4 rings (SSSR count). The summed E-state index contributed by atoms with van der Waals surface area (Å²) in [5.74, 6) is 0.356. The number of carbonyl (C=O) groups excluding carboxylic acids is 1. The fourth-order valence-corrected chi connectivity index (χ4v) is 3.45. The molecule has 0 bridgehead atoms. The van der Waals surface area contributed by atoms with Crippen molar-refractivity contribution in [3.63, 3.8) is 0 Å². The number of aromatic nitrogens is 2. The summed E-state index contributed by atoms with van der Waals surface area (Å²) >= 11 is 0. The summed E-state index contributed by atoms with van der Waals surface area (Å²) in [5, 5.41) is 11.2. The molecule has 1 amide bonds. The smallest absolute Gasteiger partial charge is 0.244 e. The van der Waals surface area contributed by atoms with Crippen molar-refractivity contribution in [2.75, 3.05) is 0 Å². The number of amides is 1. The van der Waals surface area contributed by atoms with E-state index < -0.39 is 0 Å². The number of nitrogens with one attached hydrogen (secondary N) is 2. The maximum absolute atomic E-state index is 12.3. The molecule has 0 aliphatic heterocycles. The number of fused-ring (bicyclic) bond motifs is 2. The van der Waals surface area contributed by atoms with E-state index in [1.165, 1.54) is 11.1 Å². The van der Waals surface area contributed by atoms with Crippen LogP contribution in [-0.2, 0) is 11.2 Å². The number of aromatic amines is 1. The second-order valence-corrected chi connectivity index (χ2v) is 6.42. The molecule has 24 heavy (non-hydrogen) atoms. The molecular formula is C20H19N3O. The molecule has 1 heterocycles. The van der Waals surface area contributed by atoms with E-state index >= 15 is 0 Å². The molecule has 120 valence electrons. The molecule has 2 aromatic carbocycles. The predicted octanol–water partition coefficient (Wildman–Crippen LogP) is 3.63. The van der Waals surface area contributed by atoms with E-state index in [-0.39, 0.29) is 11.9 Å². The average Bonchev–Trinajstić information content (AvgIpc) is 3.17. The van der Waals surface area contributed by atoms with Crippen molar-refractivity contribution in [1.82, 2.24) is 15.5 Å². The van der Waals surface area contributed by atoms with Crippen molar-refractivity contribution in [1.29, 1.82) is 0 Å². The Kier molecular flexibility index (Phi) is 3.65. The molecule has 2 atom stereocenters. The fourth-order valence-electron chi connectivity index (χ4n) is 3.45. The van der Waals surface area contributed by atoms with Crippen LogP contribution >= 0.6 is 0 Å². The van der Waals surface area contributed by atoms with E-state index in [4.69, 9.17) is 0 Å². The highest BCUT2D eigenvalue weighted by Crippen LogP contribution is 2.35. The number of hydrogen-bond donors (Lipinski definition) is 2. The standard InChI is InChI=1S/C20H19N3O/c1-13-10-15-4-2-3-5-17(15)20(13)22-19(24)9-7-14-6-8-16-12-21-23-18(16)11-14/h2-9,11-13,20H,10H2,1H3,(H,21,23)(H,22,24)/b9-7+. The Balaban J connectivity index is 1.48. The van der Waals surface area contributed by atoms with Gasteiger partial charge in [-0.2, -0.15) is 5.10 Å². The van der Waals surface area contributed by atoms with Crippen LogP contribution in [0.25, 0.3) is 17.0 Å². The number of H-pyrrole nitrogens is 1. The second-order valence-electron chi connectivity index (χ2n) is 6.42. The Hall–Kier alpha value is -2.88. The molecule has 0 spiro atoms. The summed E-state index contributed by atoms with van der Waals surface area (Å²) in [6.07, 6.45) is 6.24. The first-order valence-corrected chi connectivity index (χ1v) is 8.20. The molecule has 4 heteroatoms. The minimum Gasteiger partial charge on any atom is -0.345 e. The number of nitrogens with zero attached hydrogens (tertiary/aromatic N) is 1. The van der Waals surface area contributed by atoms with Gasteiger partial charge in [-0.15, -0.1) is 0 Å². The van der Waals surface area contributed by atoms with Gasteiger partial charge in [0.2, 0.25) is 5.91 Å². The Labute approximate surface area is 140 Å². The first kappa shape index (κ1) is 14.7. The largest absolute Gasteiger partial charge is 0.345 e. The van der Waals surface area contributed by atoms with Crippen LogP contribution in [0, 0.1) is 5.92 Å². The van der Waals surface area contributed by atoms with Crippen LogP contribution in [0.2, 0.25) is 0 Å². The molecule has 2 N–H and O–H groups in total. The molecule has 2 unspecified atom stereocenters. The molecule has 0 saturated carbocycles. The summed E-state index contributed by atoms with van der Waals surface area (Å²) in [4.78, 5) is 12.3. The number of rotatable bonds is 3. The zero-order chi connectivity index (χ0) is 16.5. The quantitative estimate of drug-likeness (QED) is 0.725. The van der Waals surface area contributed by atoms with Crippen LogP contribution < -0.4 is 5.32 Å². The van der Waals surface area contributed by atoms with E-state index in [9.17, 15) is 4.79 Å². The van der Waals surface area contributed by atoms with Crippen LogP contribution in [0.5, 0.6) is 0 Å². The first-order chi connectivity index (χ1) is 11.7. The molecule has 4 nitrogen and oxygen atoms in total. The molecular weight excluding hydrogens is 298 g/mol. The fraction of sp³-hybridized carbons (Fsp3) is 0.200. The van der Waals surface area contributed by atoms with Gasteiger partial charge in [-0.05, 0) is 41.2 Å². The SMILES string of the molecule is CC1Cc2ccccc2C1NC(=O)/C=C/c1ccc2cn[nH]c2c1. The molecule has 0 fully saturated rings. The van der Waals surface area contributed by atoms with Crippen molar-refractivity contribution < 1.29 is 4.79 Å². The van der Waals surface area contributed by atoms with Gasteiger partial charge in [0.1, 0.15) is 0 Å². The topological polar surface area (TPSA) is 57.8 Å². The van der Waals surface area contributed by atoms with Crippen molar-refractivity contribution in [2.24, 2.45) is 5.92 Å². The number of benzene rings is 2. The molecule has 3 aromatic rings. The lowest BCUT2D eigenvalue weighted by atomic mass is 10.0. The maximum atomic E-state index is 12.3. The lowest BCUT2D eigenvalue weighted by Crippen LogP contribution is -2.28. The predicted molar refractivity (Wildman–Crippen MR) is 95.3 cm³/mol. The highest BCUT2D eigenvalue weighted by Gasteiger charge is 2.29. The van der Waals surface area contributed by atoms with Crippen LogP contribution in [-0.4, -0.2) is 16.1 Å². The van der Waals surface area contributed by atoms with E-state index in [0.29, 0.717) is 5.92 Å². The van der Waals surface area contributed by atoms with E-state index in [1.807, 2.05) is 30.3 Å². The average molecular weight is 317 g/mol. The summed E-state index contributed by atoms with van der Waals surface area (Å²) < 4.78 is 0. The van der Waals surface area contributed by atoms with Gasteiger partial charge in [-0.25, -0.2) is 0 Å². The van der Waals surface area contributed by atoms with Gasteiger partial charge in [0.25, 0.3) is 0 Å². The van der Waals surface area contributed by atoms with Crippen molar-refractivity contribution in [3.8, 4) is 0 Å². The zero-order valence-corrected chi connectivity index (χ0v) is 13.5. The lowest BCUT2D eigenvalue weighted by Gasteiger charge is -2.17. The van der Waals surface area contributed by atoms with E-state index in [1.54, 1.807) is 12.3 Å². The number of carbonyl (C=O) groups is 1. The third-order valence-electron chi connectivity index (χ3n) is 4.69. The summed E-state index contributed by atoms with van der Waals surface area (Å²) in [5.41, 5.74) is 4.52. The molecule has 1 aliphatic rings. The minimum absolute atomic E-state index is 0.0618. The van der Waals surface area contributed by atoms with Crippen LogP contribution in [0.4, 0.5) is 0 Å². The Morgan fingerprint density at radius 2 is 2.17 bits per heavy atom. The molecule has 1 aromatic heterocycles. The Morgan fingerprint density at radius 3 is 3.08 bits per heavy atom. The normalized spacial score (nSPS) is 19.7. The lowest BCUT2D eigenvalue weighted by molar-refractivity contribution is -0.117. The van der Waals surface area contributed by atoms with Gasteiger partial charge in [-0.3, -0.25) is 9.89 Å². The van der Waals surface area contributed by atoms with Gasteiger partial charge >= 0.3 is 0 Å². The monoisotopic (exact) mass is 317 g/mol. The Morgan fingerprint density at radius 1 is 1.29 bits per heavy atom. The van der Waals surface area contributed by atoms with Crippen LogP contribution in [0.3, 0.4) is 0 Å². The highest BCUT2D eigenvalue weighted by molar-refractivity contribution is 5.92. The molecule has 0 radical (unpaired) electrons. The third-order valence-corrected chi connectivity index (χ3v) is 4.69. The Bertz CT molecular complexity index is 925. The highest BCUT2D eigenvalue weighted by atomic mass is 16.1. The van der Waals surface area contributed by atoms with E-state index in [0.717, 1.165) is 22.9 Å². The molecule has 1 aliphatic carbocycles. The number of hydrogen-bond acceptors (Lipinski definition) is 2. The molecule has 0 saturated heterocycles. The van der Waals surface area contributed by atoms with Gasteiger partial charge < -0.3 is 5.32 Å². The zero-order valence-electron chi connectivity index (χ0n) is 13.5. The summed E-state index contributed by atoms with van der Waals surface area (Å²) in [6, 6.07) is 14.4. The van der Waals surface area contributed by atoms with Crippen molar-refractivity contribution in [3.05, 3.63) is 71.4 Å². The minimum atomic E-state index is -0.0618. The van der Waals surface area contributed by atoms with Gasteiger partial charge in [0, 0.05) is 11.5 Å². The van der Waals surface area contributed by atoms with Gasteiger partial charge in [0.15, 0.2) is 0 Å². The van der Waals surface area contributed by atoms with Crippen molar-refractivity contribution in [2.45, 2.75) is 19.4 Å². The van der Waals surface area contributed by atoms with Crippen molar-refractivity contribution >= 4 is 22.9 Å². The van der Waals surface area contributed by atoms with E-state index in [2.05, 4.69) is 40.6 Å². The first-order valence-electron chi connectivity index (χ1n) is 8.20. The van der Waals surface area contributed by atoms with Gasteiger partial charge in [0.05, 0.1) is 17.8 Å².